The normalized spacial score (nSPS) is 20.2. The number of benzene rings is 2. The highest BCUT2D eigenvalue weighted by molar-refractivity contribution is 5.90. The average molecular weight is 468 g/mol. The van der Waals surface area contributed by atoms with Gasteiger partial charge in [0.2, 0.25) is 5.91 Å². The molecule has 1 saturated carbocycles. The fourth-order valence-corrected chi connectivity index (χ4v) is 3.70. The lowest BCUT2D eigenvalue weighted by Gasteiger charge is -2.27. The molecule has 0 spiro atoms. The van der Waals surface area contributed by atoms with Crippen molar-refractivity contribution >= 4 is 12.0 Å². The largest absolute Gasteiger partial charge is 0.497 e. The topological polar surface area (TPSA) is 117 Å². The van der Waals surface area contributed by atoms with Crippen LogP contribution in [-0.2, 0) is 17.5 Å². The molecule has 1 aliphatic rings. The van der Waals surface area contributed by atoms with Crippen molar-refractivity contribution in [3.63, 3.8) is 0 Å². The monoisotopic (exact) mass is 468 g/mol. The third kappa shape index (κ3) is 5.86. The second-order valence-corrected chi connectivity index (χ2v) is 7.70. The van der Waals surface area contributed by atoms with Gasteiger partial charge in [0.1, 0.15) is 28.4 Å². The molecule has 2 aromatic carbocycles. The lowest BCUT2D eigenvalue weighted by Crippen LogP contribution is -2.57. The molecule has 2 aromatic rings. The summed E-state index contributed by atoms with van der Waals surface area (Å²) in [6.45, 7) is 0.0502. The molecule has 178 valence electrons. The van der Waals surface area contributed by atoms with Gasteiger partial charge < -0.3 is 30.3 Å². The SMILES string of the molecule is COc1ccc(Oc2ccc(CNC(=O)C3(NC(=O)O)CCC(O)C3)cc2)c(C(F)(F)F)c1. The first kappa shape index (κ1) is 24.2. The van der Waals surface area contributed by atoms with Crippen LogP contribution in [0.5, 0.6) is 17.2 Å². The van der Waals surface area contributed by atoms with E-state index in [4.69, 9.17) is 14.6 Å². The molecule has 8 nitrogen and oxygen atoms in total. The van der Waals surface area contributed by atoms with Crippen LogP contribution >= 0.6 is 0 Å². The summed E-state index contributed by atoms with van der Waals surface area (Å²) in [5, 5.41) is 23.7. The summed E-state index contributed by atoms with van der Waals surface area (Å²) in [7, 11) is 1.27. The smallest absolute Gasteiger partial charge is 0.420 e. The Hall–Kier alpha value is -3.47. The van der Waals surface area contributed by atoms with Gasteiger partial charge in [0.25, 0.3) is 0 Å². The van der Waals surface area contributed by atoms with Crippen LogP contribution in [0.4, 0.5) is 18.0 Å². The maximum absolute atomic E-state index is 13.3. The Balaban J connectivity index is 1.67. The number of ether oxygens (including phenoxy) is 2. The maximum atomic E-state index is 13.3. The van der Waals surface area contributed by atoms with E-state index in [0.29, 0.717) is 12.0 Å². The van der Waals surface area contributed by atoms with Crippen molar-refractivity contribution in [3.8, 4) is 17.2 Å². The van der Waals surface area contributed by atoms with Crippen molar-refractivity contribution in [1.82, 2.24) is 10.6 Å². The lowest BCUT2D eigenvalue weighted by molar-refractivity contribution is -0.138. The Bertz CT molecular complexity index is 1010. The van der Waals surface area contributed by atoms with Crippen LogP contribution in [0.15, 0.2) is 42.5 Å². The highest BCUT2D eigenvalue weighted by Gasteiger charge is 2.46. The van der Waals surface area contributed by atoms with Crippen LogP contribution in [0.1, 0.15) is 30.4 Å². The fraction of sp³-hybridized carbons (Fsp3) is 0.364. The molecule has 2 amide bonds. The number of amides is 2. The average Bonchev–Trinajstić information content (AvgIpc) is 3.13. The molecule has 1 aliphatic carbocycles. The first-order chi connectivity index (χ1) is 15.5. The molecule has 3 rings (SSSR count). The molecule has 2 unspecified atom stereocenters. The molecule has 33 heavy (non-hydrogen) atoms. The summed E-state index contributed by atoms with van der Waals surface area (Å²) in [5.41, 5.74) is -1.77. The van der Waals surface area contributed by atoms with E-state index in [0.717, 1.165) is 6.07 Å². The molecule has 0 saturated heterocycles. The summed E-state index contributed by atoms with van der Waals surface area (Å²) < 4.78 is 50.3. The zero-order valence-electron chi connectivity index (χ0n) is 17.6. The van der Waals surface area contributed by atoms with E-state index in [1.807, 2.05) is 0 Å². The van der Waals surface area contributed by atoms with E-state index < -0.39 is 35.4 Å². The van der Waals surface area contributed by atoms with E-state index >= 15 is 0 Å². The number of alkyl halides is 3. The molecule has 0 heterocycles. The van der Waals surface area contributed by atoms with Crippen LogP contribution in [-0.4, -0.2) is 41.0 Å². The summed E-state index contributed by atoms with van der Waals surface area (Å²) in [5.74, 6) is -0.741. The van der Waals surface area contributed by atoms with Crippen molar-refractivity contribution < 1.29 is 42.4 Å². The van der Waals surface area contributed by atoms with Gasteiger partial charge >= 0.3 is 12.3 Å². The summed E-state index contributed by atoms with van der Waals surface area (Å²) >= 11 is 0. The van der Waals surface area contributed by atoms with Crippen LogP contribution in [0.25, 0.3) is 0 Å². The number of hydrogen-bond donors (Lipinski definition) is 4. The quantitative estimate of drug-likeness (QED) is 0.493. The Morgan fingerprint density at radius 1 is 1.15 bits per heavy atom. The predicted molar refractivity (Wildman–Crippen MR) is 110 cm³/mol. The number of hydrogen-bond acceptors (Lipinski definition) is 5. The molecule has 1 fully saturated rings. The van der Waals surface area contributed by atoms with Gasteiger partial charge in [-0.25, -0.2) is 4.79 Å². The minimum atomic E-state index is -4.64. The second kappa shape index (κ2) is 9.57. The molecular weight excluding hydrogens is 445 g/mol. The maximum Gasteiger partial charge on any atom is 0.420 e. The van der Waals surface area contributed by atoms with E-state index in [-0.39, 0.29) is 36.6 Å². The number of carbonyl (C=O) groups excluding carboxylic acids is 1. The summed E-state index contributed by atoms with van der Waals surface area (Å²) in [6.07, 6.45) is -6.34. The summed E-state index contributed by atoms with van der Waals surface area (Å²) in [4.78, 5) is 23.7. The van der Waals surface area contributed by atoms with Crippen LogP contribution in [0.2, 0.25) is 0 Å². The molecule has 11 heteroatoms. The van der Waals surface area contributed by atoms with Crippen LogP contribution in [0.3, 0.4) is 0 Å². The number of halogens is 3. The van der Waals surface area contributed by atoms with Crippen LogP contribution < -0.4 is 20.1 Å². The number of rotatable bonds is 7. The Kier molecular flexibility index (Phi) is 7.01. The highest BCUT2D eigenvalue weighted by Crippen LogP contribution is 2.40. The first-order valence-electron chi connectivity index (χ1n) is 10.0. The van der Waals surface area contributed by atoms with Gasteiger partial charge in [0, 0.05) is 13.0 Å². The van der Waals surface area contributed by atoms with Crippen LogP contribution in [0, 0.1) is 0 Å². The number of aliphatic hydroxyl groups is 1. The minimum Gasteiger partial charge on any atom is -0.497 e. The molecule has 2 atom stereocenters. The predicted octanol–water partition coefficient (Wildman–Crippen LogP) is 3.67. The molecule has 0 bridgehead atoms. The third-order valence-corrected chi connectivity index (χ3v) is 5.37. The molecule has 0 aromatic heterocycles. The zero-order valence-corrected chi connectivity index (χ0v) is 17.6. The van der Waals surface area contributed by atoms with Crippen molar-refractivity contribution in [1.29, 1.82) is 0 Å². The van der Waals surface area contributed by atoms with Gasteiger partial charge in [-0.3, -0.25) is 4.79 Å². The van der Waals surface area contributed by atoms with E-state index in [9.17, 15) is 27.9 Å². The zero-order chi connectivity index (χ0) is 24.2. The van der Waals surface area contributed by atoms with Gasteiger partial charge in [-0.2, -0.15) is 13.2 Å². The van der Waals surface area contributed by atoms with Crippen molar-refractivity contribution in [2.45, 2.75) is 43.6 Å². The number of nitrogens with one attached hydrogen (secondary N) is 2. The standard InChI is InChI=1S/C22H23F3N2O6/c1-32-16-6-7-18(17(10-16)22(23,24)25)33-15-4-2-13(3-5-15)12-26-19(29)21(27-20(30)31)9-8-14(28)11-21/h2-7,10,14,27-28H,8-9,11-12H2,1H3,(H,26,29)(H,30,31). The van der Waals surface area contributed by atoms with Gasteiger partial charge in [0.15, 0.2) is 0 Å². The van der Waals surface area contributed by atoms with Crippen molar-refractivity contribution in [2.75, 3.05) is 7.11 Å². The van der Waals surface area contributed by atoms with E-state index in [2.05, 4.69) is 10.6 Å². The van der Waals surface area contributed by atoms with E-state index in [1.165, 1.54) is 31.4 Å². The minimum absolute atomic E-state index is 0.0265. The number of carboxylic acid groups (broad SMARTS) is 1. The Labute approximate surface area is 187 Å². The Morgan fingerprint density at radius 3 is 2.36 bits per heavy atom. The second-order valence-electron chi connectivity index (χ2n) is 7.70. The van der Waals surface area contributed by atoms with Crippen molar-refractivity contribution in [3.05, 3.63) is 53.6 Å². The lowest BCUT2D eigenvalue weighted by atomic mass is 9.96. The molecule has 0 radical (unpaired) electrons. The van der Waals surface area contributed by atoms with Gasteiger partial charge in [-0.15, -0.1) is 0 Å². The van der Waals surface area contributed by atoms with E-state index in [1.54, 1.807) is 12.1 Å². The first-order valence-corrected chi connectivity index (χ1v) is 10.0. The number of carbonyl (C=O) groups is 2. The fourth-order valence-electron chi connectivity index (χ4n) is 3.70. The highest BCUT2D eigenvalue weighted by atomic mass is 19.4. The summed E-state index contributed by atoms with van der Waals surface area (Å²) in [6, 6.07) is 9.41. The van der Waals surface area contributed by atoms with Crippen molar-refractivity contribution in [2.24, 2.45) is 0 Å². The Morgan fingerprint density at radius 2 is 1.82 bits per heavy atom. The van der Waals surface area contributed by atoms with Gasteiger partial charge in [-0.1, -0.05) is 12.1 Å². The van der Waals surface area contributed by atoms with Gasteiger partial charge in [0.05, 0.1) is 13.2 Å². The number of aliphatic hydroxyl groups excluding tert-OH is 1. The molecule has 4 N–H and O–H groups in total. The molecular formula is C22H23F3N2O6. The third-order valence-electron chi connectivity index (χ3n) is 5.37. The van der Waals surface area contributed by atoms with Gasteiger partial charge in [-0.05, 0) is 48.7 Å². The molecule has 0 aliphatic heterocycles. The number of methoxy groups -OCH3 is 1.